The molecule has 11 heteroatoms. The number of hydrogen-bond acceptors (Lipinski definition) is 9. The lowest BCUT2D eigenvalue weighted by atomic mass is 9.98. The van der Waals surface area contributed by atoms with Gasteiger partial charge in [0, 0.05) is 45.5 Å². The number of nitroso groups, excluding NO2 is 1. The van der Waals surface area contributed by atoms with E-state index in [0.29, 0.717) is 5.69 Å². The van der Waals surface area contributed by atoms with Gasteiger partial charge in [-0.3, -0.25) is 20.0 Å². The quantitative estimate of drug-likeness (QED) is 0.546. The van der Waals surface area contributed by atoms with Crippen LogP contribution in [0.1, 0.15) is 0 Å². The first-order chi connectivity index (χ1) is 13.9. The van der Waals surface area contributed by atoms with Crippen LogP contribution in [0.3, 0.4) is 0 Å². The van der Waals surface area contributed by atoms with Crippen molar-refractivity contribution in [1.82, 2.24) is 20.1 Å². The number of halogens is 1. The van der Waals surface area contributed by atoms with Crippen molar-refractivity contribution in [3.63, 3.8) is 0 Å². The summed E-state index contributed by atoms with van der Waals surface area (Å²) in [5.74, 6) is -1.44. The number of pyridine rings is 1. The van der Waals surface area contributed by atoms with Crippen LogP contribution in [0.2, 0.25) is 0 Å². The summed E-state index contributed by atoms with van der Waals surface area (Å²) in [5.41, 5.74) is 7.27. The Morgan fingerprint density at radius 1 is 1.38 bits per heavy atom. The molecule has 160 valence electrons. The zero-order chi connectivity index (χ0) is 21.0. The number of rotatable bonds is 6. The Hall–Kier alpha value is -2.21. The molecule has 0 aliphatic carbocycles. The number of nitrogens with zero attached hydrogens (tertiary/aromatic N) is 5. The zero-order valence-electron chi connectivity index (χ0n) is 16.8. The van der Waals surface area contributed by atoms with Gasteiger partial charge in [0.1, 0.15) is 12.1 Å². The molecular formula is C18H29FN8O2. The molecule has 10 nitrogen and oxygen atoms in total. The van der Waals surface area contributed by atoms with Crippen LogP contribution >= 0.6 is 0 Å². The molecule has 2 aliphatic heterocycles. The van der Waals surface area contributed by atoms with Crippen LogP contribution in [0.15, 0.2) is 23.6 Å². The molecule has 2 aliphatic rings. The van der Waals surface area contributed by atoms with E-state index in [1.165, 1.54) is 0 Å². The van der Waals surface area contributed by atoms with Gasteiger partial charge in [-0.2, -0.15) is 0 Å². The van der Waals surface area contributed by atoms with Gasteiger partial charge in [-0.05, 0) is 20.2 Å². The Morgan fingerprint density at radius 3 is 2.76 bits per heavy atom. The second kappa shape index (κ2) is 9.53. The van der Waals surface area contributed by atoms with Gasteiger partial charge in [0.2, 0.25) is 5.91 Å². The standard InChI is InChI=1S/C18H29FN8O2/c1-25-5-7-27(8-6-25)14-3-4-21-10-13(14)23-18(28)15(16(20)24-29)17-22-9-12(19)11-26(17)2/h3-4,10,12,15-17,22H,5-9,11,20H2,1-2H3,(H,23,28). The van der Waals surface area contributed by atoms with Crippen LogP contribution in [0.5, 0.6) is 0 Å². The highest BCUT2D eigenvalue weighted by Crippen LogP contribution is 2.27. The van der Waals surface area contributed by atoms with Crippen molar-refractivity contribution in [2.75, 3.05) is 63.6 Å². The number of piperazine rings is 1. The molecule has 0 saturated carbocycles. The minimum atomic E-state index is -1.27. The average molecular weight is 408 g/mol. The number of amides is 1. The number of nitrogens with two attached hydrogens (primary N) is 1. The lowest BCUT2D eigenvalue weighted by Crippen LogP contribution is -2.62. The van der Waals surface area contributed by atoms with Crippen molar-refractivity contribution in [1.29, 1.82) is 0 Å². The summed E-state index contributed by atoms with van der Waals surface area (Å²) in [6.45, 7) is 3.72. The number of carbonyl (C=O) groups is 1. The third kappa shape index (κ3) is 5.04. The van der Waals surface area contributed by atoms with Gasteiger partial charge in [0.05, 0.1) is 23.7 Å². The largest absolute Gasteiger partial charge is 0.367 e. The van der Waals surface area contributed by atoms with Gasteiger partial charge in [-0.1, -0.05) is 5.18 Å². The van der Waals surface area contributed by atoms with Crippen molar-refractivity contribution in [2.24, 2.45) is 16.8 Å². The first-order valence-electron chi connectivity index (χ1n) is 9.74. The fourth-order valence-corrected chi connectivity index (χ4v) is 3.87. The van der Waals surface area contributed by atoms with Gasteiger partial charge in [-0.15, -0.1) is 4.91 Å². The molecule has 4 unspecified atom stereocenters. The third-order valence-corrected chi connectivity index (χ3v) is 5.54. The highest BCUT2D eigenvalue weighted by Gasteiger charge is 2.40. The summed E-state index contributed by atoms with van der Waals surface area (Å²) in [5, 5.41) is 8.71. The van der Waals surface area contributed by atoms with E-state index in [4.69, 9.17) is 5.73 Å². The fourth-order valence-electron chi connectivity index (χ4n) is 3.87. The van der Waals surface area contributed by atoms with E-state index in [-0.39, 0.29) is 13.1 Å². The van der Waals surface area contributed by atoms with Crippen LogP contribution in [0.25, 0.3) is 0 Å². The van der Waals surface area contributed by atoms with E-state index in [1.54, 1.807) is 24.3 Å². The molecule has 4 atom stereocenters. The van der Waals surface area contributed by atoms with Crippen molar-refractivity contribution >= 4 is 17.3 Å². The zero-order valence-corrected chi connectivity index (χ0v) is 16.8. The van der Waals surface area contributed by atoms with E-state index in [9.17, 15) is 14.1 Å². The minimum absolute atomic E-state index is 0.0871. The molecule has 0 spiro atoms. The Bertz CT molecular complexity index is 715. The maximum Gasteiger partial charge on any atom is 0.234 e. The Labute approximate surface area is 169 Å². The number of anilines is 2. The second-order valence-corrected chi connectivity index (χ2v) is 7.68. The lowest BCUT2D eigenvalue weighted by molar-refractivity contribution is -0.124. The number of aromatic nitrogens is 1. The van der Waals surface area contributed by atoms with Crippen LogP contribution in [0, 0.1) is 10.8 Å². The minimum Gasteiger partial charge on any atom is -0.367 e. The molecule has 3 rings (SSSR count). The van der Waals surface area contributed by atoms with E-state index in [1.807, 2.05) is 6.07 Å². The van der Waals surface area contributed by atoms with Gasteiger partial charge in [0.25, 0.3) is 0 Å². The van der Waals surface area contributed by atoms with E-state index < -0.39 is 30.3 Å². The highest BCUT2D eigenvalue weighted by atomic mass is 19.1. The second-order valence-electron chi connectivity index (χ2n) is 7.68. The maximum atomic E-state index is 13.6. The van der Waals surface area contributed by atoms with Gasteiger partial charge in [-0.25, -0.2) is 4.39 Å². The average Bonchev–Trinajstić information content (AvgIpc) is 2.71. The summed E-state index contributed by atoms with van der Waals surface area (Å²) >= 11 is 0. The molecule has 1 aromatic rings. The van der Waals surface area contributed by atoms with Gasteiger partial charge >= 0.3 is 0 Å². The van der Waals surface area contributed by atoms with Crippen molar-refractivity contribution in [3.05, 3.63) is 23.4 Å². The Morgan fingerprint density at radius 2 is 2.10 bits per heavy atom. The number of likely N-dealkylation sites (N-methyl/N-ethyl adjacent to an activating group) is 1. The number of nitrogens with one attached hydrogen (secondary N) is 2. The highest BCUT2D eigenvalue weighted by molar-refractivity contribution is 5.96. The molecule has 1 aromatic heterocycles. The van der Waals surface area contributed by atoms with Crippen molar-refractivity contribution in [2.45, 2.75) is 18.5 Å². The monoisotopic (exact) mass is 408 g/mol. The van der Waals surface area contributed by atoms with E-state index in [0.717, 1.165) is 31.9 Å². The first-order valence-corrected chi connectivity index (χ1v) is 9.74. The molecule has 0 aromatic carbocycles. The molecule has 0 radical (unpaired) electrons. The number of hydrogen-bond donors (Lipinski definition) is 3. The fraction of sp³-hybridized carbons (Fsp3) is 0.667. The number of carbonyl (C=O) groups excluding carboxylic acids is 1. The summed E-state index contributed by atoms with van der Waals surface area (Å²) in [4.78, 5) is 34.5. The van der Waals surface area contributed by atoms with Gasteiger partial charge in [0.15, 0.2) is 6.17 Å². The summed E-state index contributed by atoms with van der Waals surface area (Å²) < 4.78 is 13.6. The molecule has 2 saturated heterocycles. The van der Waals surface area contributed by atoms with Crippen LogP contribution in [0.4, 0.5) is 15.8 Å². The number of alkyl halides is 1. The van der Waals surface area contributed by atoms with Gasteiger partial charge < -0.3 is 20.9 Å². The van der Waals surface area contributed by atoms with E-state index in [2.05, 4.69) is 37.6 Å². The first kappa shape index (κ1) is 21.5. The maximum absolute atomic E-state index is 13.6. The molecule has 4 N–H and O–H groups in total. The lowest BCUT2D eigenvalue weighted by Gasteiger charge is -2.40. The van der Waals surface area contributed by atoms with Crippen molar-refractivity contribution < 1.29 is 9.18 Å². The SMILES string of the molecule is CN1CCN(c2ccncc2NC(=O)C(C(N)N=O)C2NCC(F)CN2C)CC1. The molecule has 1 amide bonds. The van der Waals surface area contributed by atoms with Crippen molar-refractivity contribution in [3.8, 4) is 0 Å². The topological polar surface area (TPSA) is 119 Å². The Balaban J connectivity index is 1.79. The third-order valence-electron chi connectivity index (χ3n) is 5.54. The van der Waals surface area contributed by atoms with E-state index >= 15 is 0 Å². The smallest absolute Gasteiger partial charge is 0.234 e. The molecule has 29 heavy (non-hydrogen) atoms. The van der Waals surface area contributed by atoms with Crippen LogP contribution < -0.4 is 21.3 Å². The predicted octanol–water partition coefficient (Wildman–Crippen LogP) is -0.361. The summed E-state index contributed by atoms with van der Waals surface area (Å²) in [6.07, 6.45) is 0.339. The normalized spacial score (nSPS) is 26.0. The summed E-state index contributed by atoms with van der Waals surface area (Å²) in [7, 11) is 3.75. The molecule has 3 heterocycles. The predicted molar refractivity (Wildman–Crippen MR) is 109 cm³/mol. The Kier molecular flexibility index (Phi) is 7.06. The molecule has 2 fully saturated rings. The van der Waals surface area contributed by atoms with Crippen LogP contribution in [-0.2, 0) is 4.79 Å². The molecular weight excluding hydrogens is 379 g/mol. The molecule has 0 bridgehead atoms. The van der Waals surface area contributed by atoms with Crippen LogP contribution in [-0.4, -0.2) is 92.6 Å². The summed E-state index contributed by atoms with van der Waals surface area (Å²) in [6, 6.07) is 1.85.